The van der Waals surface area contributed by atoms with Gasteiger partial charge in [0.25, 0.3) is 6.71 Å². The maximum atomic E-state index is 7.81. The molecule has 0 N–H and O–H groups in total. The maximum absolute atomic E-state index is 7.81. The van der Waals surface area contributed by atoms with E-state index in [4.69, 9.17) is 4.42 Å². The summed E-state index contributed by atoms with van der Waals surface area (Å²) in [6, 6.07) is 42.7. The van der Waals surface area contributed by atoms with Crippen LogP contribution in [0.3, 0.4) is 0 Å². The lowest BCUT2D eigenvalue weighted by atomic mass is 9.35. The summed E-state index contributed by atoms with van der Waals surface area (Å²) >= 11 is 0. The fraction of sp³-hybridized carbons (Fsp3) is 0.472. The van der Waals surface area contributed by atoms with Crippen molar-refractivity contribution in [1.29, 1.82) is 0 Å². The van der Waals surface area contributed by atoms with Crippen LogP contribution in [0, 0.1) is 17.8 Å². The Labute approximate surface area is 456 Å². The number of rotatable bonds is 4. The van der Waals surface area contributed by atoms with Gasteiger partial charge in [-0.2, -0.15) is 0 Å². The Morgan fingerprint density at radius 2 is 1.21 bits per heavy atom. The molecule has 4 heteroatoms. The van der Waals surface area contributed by atoms with Crippen LogP contribution in [0.15, 0.2) is 108 Å². The number of fused-ring (bicyclic) bond motifs is 15. The predicted octanol–water partition coefficient (Wildman–Crippen LogP) is 18.0. The lowest BCUT2D eigenvalue weighted by Crippen LogP contribution is -2.61. The summed E-state index contributed by atoms with van der Waals surface area (Å²) in [5, 5.41) is 1.24. The van der Waals surface area contributed by atoms with Crippen molar-refractivity contribution in [2.45, 2.75) is 200 Å². The van der Waals surface area contributed by atoms with E-state index in [9.17, 15) is 0 Å². The molecule has 2 saturated carbocycles. The van der Waals surface area contributed by atoms with Crippen LogP contribution in [-0.4, -0.2) is 6.71 Å². The third-order valence-corrected chi connectivity index (χ3v) is 21.4. The summed E-state index contributed by atoms with van der Waals surface area (Å²) < 4.78 is 7.81. The molecular weight excluding hydrogens is 920 g/mol. The summed E-state index contributed by atoms with van der Waals surface area (Å²) in [5.74, 6) is 2.63. The molecule has 7 aromatic rings. The lowest BCUT2D eigenvalue weighted by Gasteiger charge is -2.48. The maximum Gasteiger partial charge on any atom is 0.297 e. The Hall–Kier alpha value is -5.48. The third-order valence-electron chi connectivity index (χ3n) is 21.4. The first-order valence-corrected chi connectivity index (χ1v) is 29.9. The fourth-order valence-corrected chi connectivity index (χ4v) is 16.5. The van der Waals surface area contributed by atoms with Crippen LogP contribution in [-0.2, 0) is 38.9 Å². The van der Waals surface area contributed by atoms with Crippen LogP contribution in [0.4, 0.5) is 34.1 Å². The Kier molecular flexibility index (Phi) is 10.5. The van der Waals surface area contributed by atoms with E-state index in [2.05, 4.69) is 203 Å². The van der Waals surface area contributed by atoms with E-state index >= 15 is 0 Å². The zero-order valence-electron chi connectivity index (χ0n) is 48.4. The van der Waals surface area contributed by atoms with Gasteiger partial charge in [0.1, 0.15) is 5.58 Å². The van der Waals surface area contributed by atoms with E-state index in [1.54, 1.807) is 0 Å². The average molecular weight is 1000 g/mol. The molecular formula is C72H83BN2O. The first-order valence-electron chi connectivity index (χ1n) is 29.9. The van der Waals surface area contributed by atoms with Gasteiger partial charge in [-0.1, -0.05) is 158 Å². The molecule has 3 atom stereocenters. The first kappa shape index (κ1) is 48.9. The van der Waals surface area contributed by atoms with E-state index in [1.165, 1.54) is 164 Å². The Bertz CT molecular complexity index is 3540. The fourth-order valence-electron chi connectivity index (χ4n) is 16.5. The van der Waals surface area contributed by atoms with Gasteiger partial charge in [-0.3, -0.25) is 0 Å². The smallest absolute Gasteiger partial charge is 0.297 e. The number of benzene rings is 6. The van der Waals surface area contributed by atoms with Crippen LogP contribution in [0.5, 0.6) is 0 Å². The Morgan fingerprint density at radius 3 is 1.89 bits per heavy atom. The number of anilines is 6. The second kappa shape index (κ2) is 16.3. The number of hydrogen-bond acceptors (Lipinski definition) is 3. The Morgan fingerprint density at radius 1 is 0.579 bits per heavy atom. The number of aryl methyl sites for hydroxylation is 1. The summed E-state index contributed by atoms with van der Waals surface area (Å²) in [4.78, 5) is 5.45. The molecule has 3 unspecified atom stereocenters. The van der Waals surface area contributed by atoms with Gasteiger partial charge < -0.3 is 14.2 Å². The number of hydrogen-bond donors (Lipinski definition) is 0. The summed E-state index contributed by atoms with van der Waals surface area (Å²) in [5.41, 5.74) is 26.5. The summed E-state index contributed by atoms with van der Waals surface area (Å²) in [6.07, 6.45) is 15.5. The van der Waals surface area contributed by atoms with Crippen molar-refractivity contribution < 1.29 is 4.42 Å². The molecule has 390 valence electrons. The molecule has 0 saturated heterocycles. The van der Waals surface area contributed by atoms with E-state index in [0.29, 0.717) is 0 Å². The predicted molar refractivity (Wildman–Crippen MR) is 324 cm³/mol. The quantitative estimate of drug-likeness (QED) is 0.164. The molecule has 0 radical (unpaired) electrons. The van der Waals surface area contributed by atoms with Gasteiger partial charge in [0.2, 0.25) is 0 Å². The van der Waals surface area contributed by atoms with Crippen molar-refractivity contribution >= 4 is 68.4 Å². The van der Waals surface area contributed by atoms with E-state index in [0.717, 1.165) is 48.3 Å². The van der Waals surface area contributed by atoms with Gasteiger partial charge >= 0.3 is 0 Å². The molecule has 4 aliphatic carbocycles. The largest absolute Gasteiger partial charge is 0.468 e. The molecule has 7 aliphatic rings. The van der Waals surface area contributed by atoms with Gasteiger partial charge in [0.15, 0.2) is 0 Å². The second-order valence-electron chi connectivity index (χ2n) is 29.9. The van der Waals surface area contributed by atoms with Crippen LogP contribution in [0.2, 0.25) is 0 Å². The SMILES string of the molecule is CC(C)(C)c1ccc(N2c3cc(CCC4CC5CCCC(C5)C4)cc4c3B(c3cc5c6cc3N4c3ccc(C(C)(C)C)cc3-c3cccc(c3)C6(C)CCC5(C)C)c3oc4cc5c(cc4c32)C(C)(C)CCC5(C)C)cc1. The van der Waals surface area contributed by atoms with Crippen molar-refractivity contribution in [3.63, 3.8) is 0 Å². The third kappa shape index (κ3) is 7.33. The van der Waals surface area contributed by atoms with Gasteiger partial charge in [0.05, 0.1) is 17.0 Å². The molecule has 0 spiro atoms. The number of furan rings is 1. The van der Waals surface area contributed by atoms with Crippen LogP contribution < -0.4 is 26.4 Å². The minimum atomic E-state index is -0.155. The zero-order valence-corrected chi connectivity index (χ0v) is 48.4. The molecule has 1 aromatic heterocycles. The van der Waals surface area contributed by atoms with Gasteiger partial charge in [-0.05, 0) is 218 Å². The molecule has 76 heavy (non-hydrogen) atoms. The minimum absolute atomic E-state index is 0.0110. The standard InChI is InChI=1S/C72H83BN2O/c1-67(2,3)48-22-25-51(26-23-48)74-61-35-46(21-20-45-33-43-16-14-17-44(32-43)34-45)36-62-64(61)73(66-65(74)53-39-54-56(42-63(53)76-66)70(9,10)29-28-69(54,7)8)58-40-55-57-41-60(58)75(62)59-27-24-49(68(4,5)6)38-52(59)47-18-15-19-50(37-47)72(57,13)31-30-71(55,11)12/h15,18-19,22-27,35-45H,14,16-17,20-21,28-34H2,1-13H3. The molecule has 4 heterocycles. The highest BCUT2D eigenvalue weighted by molar-refractivity contribution is 7.00. The molecule has 3 nitrogen and oxygen atoms in total. The highest BCUT2D eigenvalue weighted by atomic mass is 16.3. The average Bonchev–Trinajstić information content (AvgIpc) is 3.94. The van der Waals surface area contributed by atoms with Gasteiger partial charge in [-0.15, -0.1) is 0 Å². The summed E-state index contributed by atoms with van der Waals surface area (Å²) in [6.45, 7) is 31.5. The molecule has 3 aliphatic heterocycles. The minimum Gasteiger partial charge on any atom is -0.468 e. The lowest BCUT2D eigenvalue weighted by molar-refractivity contribution is 0.132. The van der Waals surface area contributed by atoms with Gasteiger partial charge in [-0.25, -0.2) is 0 Å². The van der Waals surface area contributed by atoms with Crippen molar-refractivity contribution in [1.82, 2.24) is 0 Å². The van der Waals surface area contributed by atoms with Crippen molar-refractivity contribution in [3.05, 3.63) is 148 Å². The first-order chi connectivity index (χ1) is 36.0. The second-order valence-corrected chi connectivity index (χ2v) is 29.9. The van der Waals surface area contributed by atoms with Crippen molar-refractivity contribution in [2.24, 2.45) is 17.8 Å². The molecule has 6 bridgehead atoms. The van der Waals surface area contributed by atoms with Crippen LogP contribution in [0.25, 0.3) is 22.1 Å². The highest BCUT2D eigenvalue weighted by Crippen LogP contribution is 2.57. The highest BCUT2D eigenvalue weighted by Gasteiger charge is 2.51. The van der Waals surface area contributed by atoms with Crippen molar-refractivity contribution in [2.75, 3.05) is 9.80 Å². The van der Waals surface area contributed by atoms with Crippen LogP contribution >= 0.6 is 0 Å². The molecule has 6 aromatic carbocycles. The van der Waals surface area contributed by atoms with Crippen LogP contribution in [0.1, 0.15) is 205 Å². The monoisotopic (exact) mass is 1000 g/mol. The topological polar surface area (TPSA) is 19.6 Å². The molecule has 0 amide bonds. The Balaban J connectivity index is 1.10. The zero-order chi connectivity index (χ0) is 52.8. The number of nitrogens with zero attached hydrogens (tertiary/aromatic N) is 2. The van der Waals surface area contributed by atoms with Crippen molar-refractivity contribution in [3.8, 4) is 11.1 Å². The van der Waals surface area contributed by atoms with E-state index < -0.39 is 0 Å². The summed E-state index contributed by atoms with van der Waals surface area (Å²) in [7, 11) is 0. The van der Waals surface area contributed by atoms with E-state index in [1.807, 2.05) is 0 Å². The molecule has 2 fully saturated rings. The van der Waals surface area contributed by atoms with E-state index in [-0.39, 0.29) is 39.2 Å². The molecule has 14 rings (SSSR count). The van der Waals surface area contributed by atoms with Gasteiger partial charge in [0, 0.05) is 39.1 Å². The normalized spacial score (nSPS) is 24.1.